The first kappa shape index (κ1) is 16.7. The van der Waals surface area contributed by atoms with Crippen molar-refractivity contribution in [3.63, 3.8) is 0 Å². The van der Waals surface area contributed by atoms with Gasteiger partial charge in [0.25, 0.3) is 5.91 Å². The lowest BCUT2D eigenvalue weighted by atomic mass is 10.1. The van der Waals surface area contributed by atoms with E-state index in [1.54, 1.807) is 4.90 Å². The number of unbranched alkanes of at least 4 members (excludes halogenated alkanes) is 3. The van der Waals surface area contributed by atoms with Crippen LogP contribution in [0.1, 0.15) is 59.3 Å². The van der Waals surface area contributed by atoms with Crippen molar-refractivity contribution in [2.45, 2.75) is 65.3 Å². The Morgan fingerprint density at radius 2 is 1.85 bits per heavy atom. The molecule has 0 aromatic carbocycles. The highest BCUT2D eigenvalue weighted by atomic mass is 16.2. The van der Waals surface area contributed by atoms with Gasteiger partial charge in [-0.1, -0.05) is 33.1 Å². The zero-order chi connectivity index (χ0) is 15.1. The summed E-state index contributed by atoms with van der Waals surface area (Å²) in [4.78, 5) is 38.9. The highest BCUT2D eigenvalue weighted by Crippen LogP contribution is 2.20. The number of nitrogens with zero attached hydrogens (tertiary/aromatic N) is 2. The Bertz CT molecular complexity index is 368. The Morgan fingerprint density at radius 1 is 1.20 bits per heavy atom. The molecule has 1 aliphatic heterocycles. The summed E-state index contributed by atoms with van der Waals surface area (Å²) in [5.41, 5.74) is 0. The van der Waals surface area contributed by atoms with Crippen molar-refractivity contribution in [3.8, 4) is 0 Å². The number of likely N-dealkylation sites (tertiary alicyclic amines) is 1. The van der Waals surface area contributed by atoms with Crippen LogP contribution in [0.2, 0.25) is 0 Å². The highest BCUT2D eigenvalue weighted by Gasteiger charge is 2.42. The van der Waals surface area contributed by atoms with Crippen LogP contribution in [0.4, 0.5) is 0 Å². The second-order valence-electron chi connectivity index (χ2n) is 5.38. The summed E-state index contributed by atoms with van der Waals surface area (Å²) in [5.74, 6) is -0.463. The molecule has 1 fully saturated rings. The number of carbonyl (C=O) groups excluding carboxylic acids is 3. The van der Waals surface area contributed by atoms with Crippen molar-refractivity contribution < 1.29 is 14.4 Å². The van der Waals surface area contributed by atoms with Gasteiger partial charge in [-0.25, -0.2) is 0 Å². The van der Waals surface area contributed by atoms with Crippen LogP contribution < -0.4 is 0 Å². The Labute approximate surface area is 121 Å². The standard InChI is InChI=1S/C15H26N2O3/c1-4-6-8-10-16(12(3)18)13-11-14(19)17(15(13)20)9-7-5-2/h13H,4-11H2,1-3H3. The number of rotatable bonds is 8. The molecule has 5 heteroatoms. The van der Waals surface area contributed by atoms with E-state index in [1.165, 1.54) is 11.8 Å². The molecule has 1 heterocycles. The third-order valence-electron chi connectivity index (χ3n) is 3.74. The summed E-state index contributed by atoms with van der Waals surface area (Å²) in [5, 5.41) is 0. The maximum atomic E-state index is 12.3. The van der Waals surface area contributed by atoms with Crippen molar-refractivity contribution >= 4 is 17.7 Å². The molecule has 0 spiro atoms. The summed E-state index contributed by atoms with van der Waals surface area (Å²) in [6.07, 6.45) is 4.87. The van der Waals surface area contributed by atoms with E-state index in [0.29, 0.717) is 13.1 Å². The molecule has 1 aliphatic rings. The lowest BCUT2D eigenvalue weighted by Gasteiger charge is -2.26. The van der Waals surface area contributed by atoms with Crippen LogP contribution in [0.25, 0.3) is 0 Å². The van der Waals surface area contributed by atoms with E-state index in [2.05, 4.69) is 6.92 Å². The van der Waals surface area contributed by atoms with Crippen molar-refractivity contribution in [2.75, 3.05) is 13.1 Å². The number of amides is 3. The van der Waals surface area contributed by atoms with Crippen LogP contribution in [0.5, 0.6) is 0 Å². The van der Waals surface area contributed by atoms with E-state index in [9.17, 15) is 14.4 Å². The topological polar surface area (TPSA) is 57.7 Å². The largest absolute Gasteiger partial charge is 0.330 e. The van der Waals surface area contributed by atoms with E-state index < -0.39 is 6.04 Å². The molecule has 1 saturated heterocycles. The van der Waals surface area contributed by atoms with Crippen molar-refractivity contribution in [2.24, 2.45) is 0 Å². The Kier molecular flexibility index (Phi) is 6.68. The summed E-state index contributed by atoms with van der Waals surface area (Å²) in [6, 6.07) is -0.575. The molecule has 0 aromatic rings. The fourth-order valence-electron chi connectivity index (χ4n) is 2.53. The number of carbonyl (C=O) groups is 3. The third kappa shape index (κ3) is 4.05. The normalized spacial score (nSPS) is 18.8. The van der Waals surface area contributed by atoms with Crippen LogP contribution in [-0.2, 0) is 14.4 Å². The van der Waals surface area contributed by atoms with Crippen LogP contribution in [0.15, 0.2) is 0 Å². The zero-order valence-corrected chi connectivity index (χ0v) is 12.9. The molecule has 0 saturated carbocycles. The fourth-order valence-corrected chi connectivity index (χ4v) is 2.53. The molecule has 1 atom stereocenters. The van der Waals surface area contributed by atoms with Gasteiger partial charge in [-0.3, -0.25) is 19.3 Å². The van der Waals surface area contributed by atoms with Crippen molar-refractivity contribution in [3.05, 3.63) is 0 Å². The Balaban J connectivity index is 2.70. The molecule has 0 bridgehead atoms. The SMILES string of the molecule is CCCCCN(C(C)=O)C1CC(=O)N(CCCC)C1=O. The van der Waals surface area contributed by atoms with E-state index in [-0.39, 0.29) is 24.1 Å². The monoisotopic (exact) mass is 282 g/mol. The molecule has 5 nitrogen and oxygen atoms in total. The minimum absolute atomic E-state index is 0.121. The van der Waals surface area contributed by atoms with E-state index in [4.69, 9.17) is 0 Å². The highest BCUT2D eigenvalue weighted by molar-refractivity contribution is 6.06. The third-order valence-corrected chi connectivity index (χ3v) is 3.74. The van der Waals surface area contributed by atoms with Gasteiger partial charge in [0.1, 0.15) is 6.04 Å². The van der Waals surface area contributed by atoms with Gasteiger partial charge in [0.2, 0.25) is 11.8 Å². The first-order valence-corrected chi connectivity index (χ1v) is 7.64. The molecule has 1 unspecified atom stereocenters. The first-order valence-electron chi connectivity index (χ1n) is 7.64. The second-order valence-corrected chi connectivity index (χ2v) is 5.38. The second kappa shape index (κ2) is 8.02. The maximum Gasteiger partial charge on any atom is 0.252 e. The molecular weight excluding hydrogens is 256 g/mol. The van der Waals surface area contributed by atoms with Gasteiger partial charge in [-0.15, -0.1) is 0 Å². The number of imide groups is 1. The predicted molar refractivity (Wildman–Crippen MR) is 76.9 cm³/mol. The van der Waals surface area contributed by atoms with Gasteiger partial charge < -0.3 is 4.90 Å². The molecule has 0 N–H and O–H groups in total. The Hall–Kier alpha value is -1.39. The molecule has 0 aliphatic carbocycles. The predicted octanol–water partition coefficient (Wildman–Crippen LogP) is 1.95. The van der Waals surface area contributed by atoms with Gasteiger partial charge in [-0.05, 0) is 12.8 Å². The lowest BCUT2D eigenvalue weighted by Crippen LogP contribution is -2.45. The van der Waals surface area contributed by atoms with Gasteiger partial charge >= 0.3 is 0 Å². The van der Waals surface area contributed by atoms with E-state index in [1.807, 2.05) is 6.92 Å². The van der Waals surface area contributed by atoms with Crippen molar-refractivity contribution in [1.82, 2.24) is 9.80 Å². The quantitative estimate of drug-likeness (QED) is 0.505. The summed E-state index contributed by atoms with van der Waals surface area (Å²) >= 11 is 0. The minimum atomic E-state index is -0.575. The molecule has 20 heavy (non-hydrogen) atoms. The van der Waals surface area contributed by atoms with Crippen LogP contribution in [0, 0.1) is 0 Å². The smallest absolute Gasteiger partial charge is 0.252 e. The minimum Gasteiger partial charge on any atom is -0.330 e. The van der Waals surface area contributed by atoms with Gasteiger partial charge in [-0.2, -0.15) is 0 Å². The summed E-state index contributed by atoms with van der Waals surface area (Å²) in [6.45, 7) is 6.63. The fraction of sp³-hybridized carbons (Fsp3) is 0.800. The maximum absolute atomic E-state index is 12.3. The molecule has 114 valence electrons. The summed E-state index contributed by atoms with van der Waals surface area (Å²) in [7, 11) is 0. The van der Waals surface area contributed by atoms with Crippen LogP contribution >= 0.6 is 0 Å². The average molecular weight is 282 g/mol. The Morgan fingerprint density at radius 3 is 2.40 bits per heavy atom. The molecular formula is C15H26N2O3. The van der Waals surface area contributed by atoms with Crippen LogP contribution in [0.3, 0.4) is 0 Å². The van der Waals surface area contributed by atoms with Crippen LogP contribution in [-0.4, -0.2) is 46.7 Å². The zero-order valence-electron chi connectivity index (χ0n) is 12.9. The molecule has 0 radical (unpaired) electrons. The van der Waals surface area contributed by atoms with Gasteiger partial charge in [0, 0.05) is 20.0 Å². The molecule has 3 amide bonds. The summed E-state index contributed by atoms with van der Waals surface area (Å²) < 4.78 is 0. The molecule has 1 rings (SSSR count). The van der Waals surface area contributed by atoms with E-state index >= 15 is 0 Å². The van der Waals surface area contributed by atoms with Crippen molar-refractivity contribution in [1.29, 1.82) is 0 Å². The average Bonchev–Trinajstić information content (AvgIpc) is 2.67. The molecule has 0 aromatic heterocycles. The number of hydrogen-bond donors (Lipinski definition) is 0. The number of hydrogen-bond acceptors (Lipinski definition) is 3. The van der Waals surface area contributed by atoms with Gasteiger partial charge in [0.05, 0.1) is 6.42 Å². The van der Waals surface area contributed by atoms with Gasteiger partial charge in [0.15, 0.2) is 0 Å². The first-order chi connectivity index (χ1) is 9.52. The lowest BCUT2D eigenvalue weighted by molar-refractivity contribution is -0.143. The van der Waals surface area contributed by atoms with E-state index in [0.717, 1.165) is 32.1 Å².